The number of carbonyl (C=O) groups excluding carboxylic acids is 2. The molecule has 0 heterocycles. The number of aromatic hydroxyl groups is 1. The van der Waals surface area contributed by atoms with E-state index in [9.17, 15) is 14.7 Å². The molecule has 0 radical (unpaired) electrons. The second-order valence-corrected chi connectivity index (χ2v) is 6.09. The second kappa shape index (κ2) is 18.0. The molecular weight excluding hydrogens is 368 g/mol. The van der Waals surface area contributed by atoms with Gasteiger partial charge in [-0.3, -0.25) is 9.59 Å². The number of aliphatic hydroxyl groups excluding tert-OH is 1. The minimum Gasteiger partial charge on any atom is -0.507 e. The van der Waals surface area contributed by atoms with Crippen molar-refractivity contribution in [3.05, 3.63) is 29.8 Å². The van der Waals surface area contributed by atoms with E-state index >= 15 is 0 Å². The summed E-state index contributed by atoms with van der Waals surface area (Å²) in [6, 6.07) is 6.50. The molecule has 27 heavy (non-hydrogen) atoms. The molecule has 1 atom stereocenters. The van der Waals surface area contributed by atoms with E-state index in [-0.39, 0.29) is 76.7 Å². The molecule has 0 aliphatic heterocycles. The van der Waals surface area contributed by atoms with Crippen molar-refractivity contribution in [2.75, 3.05) is 6.54 Å². The van der Waals surface area contributed by atoms with E-state index in [1.54, 1.807) is 18.2 Å². The first-order valence-electron chi connectivity index (χ1n) is 8.94. The van der Waals surface area contributed by atoms with Crippen molar-refractivity contribution in [2.45, 2.75) is 64.6 Å². The molecular formula is C19H29NNa2O5+2. The van der Waals surface area contributed by atoms with E-state index in [0.29, 0.717) is 18.5 Å². The largest absolute Gasteiger partial charge is 1.00 e. The predicted molar refractivity (Wildman–Crippen MR) is 95.1 cm³/mol. The van der Waals surface area contributed by atoms with Crippen LogP contribution in [0.5, 0.6) is 5.75 Å². The topological polar surface area (TPSA) is 95.9 Å². The molecule has 0 bridgehead atoms. The molecule has 0 aliphatic rings. The third-order valence-electron chi connectivity index (χ3n) is 3.79. The average Bonchev–Trinajstić information content (AvgIpc) is 2.56. The van der Waals surface area contributed by atoms with Gasteiger partial charge in [0.25, 0.3) is 5.91 Å². The Labute approximate surface area is 206 Å². The summed E-state index contributed by atoms with van der Waals surface area (Å²) in [6.45, 7) is 2.02. The zero-order chi connectivity index (χ0) is 18.5. The van der Waals surface area contributed by atoms with Crippen LogP contribution >= 0.6 is 0 Å². The van der Waals surface area contributed by atoms with E-state index in [0.717, 1.165) is 44.9 Å². The molecule has 1 aromatic rings. The molecule has 1 rings (SSSR count). The number of unbranched alkanes of at least 4 members (excludes halogenated alkanes) is 6. The van der Waals surface area contributed by atoms with Gasteiger partial charge in [-0.15, -0.1) is 0 Å². The van der Waals surface area contributed by atoms with Crippen LogP contribution < -0.4 is 64.4 Å². The van der Waals surface area contributed by atoms with Crippen molar-refractivity contribution in [2.24, 2.45) is 0 Å². The minimum absolute atomic E-state index is 0. The maximum atomic E-state index is 11.9. The van der Waals surface area contributed by atoms with Gasteiger partial charge in [-0.2, -0.15) is 0 Å². The van der Waals surface area contributed by atoms with Crippen LogP contribution in [0.15, 0.2) is 24.3 Å². The Morgan fingerprint density at radius 3 is 2.15 bits per heavy atom. The number of hydrogen-bond acceptors (Lipinski definition) is 5. The van der Waals surface area contributed by atoms with Crippen LogP contribution in [0.25, 0.3) is 0 Å². The summed E-state index contributed by atoms with van der Waals surface area (Å²) in [5.41, 5.74) is 0.302. The summed E-state index contributed by atoms with van der Waals surface area (Å²) in [5, 5.41) is 21.3. The van der Waals surface area contributed by atoms with Crippen molar-refractivity contribution in [3.8, 4) is 5.75 Å². The summed E-state index contributed by atoms with van der Waals surface area (Å²) in [6.07, 6.45) is 6.25. The van der Waals surface area contributed by atoms with Crippen LogP contribution in [0, 0.1) is 0 Å². The number of benzene rings is 1. The zero-order valence-electron chi connectivity index (χ0n) is 16.9. The Bertz CT molecular complexity index is 541. The number of nitrogens with one attached hydrogen (secondary N) is 1. The fourth-order valence-electron chi connectivity index (χ4n) is 2.49. The number of phenols is 1. The molecule has 8 heteroatoms. The number of para-hydroxylation sites is 1. The van der Waals surface area contributed by atoms with Crippen LogP contribution in [-0.4, -0.2) is 34.9 Å². The van der Waals surface area contributed by atoms with Gasteiger partial charge in [0.05, 0.1) is 5.56 Å². The van der Waals surface area contributed by atoms with Gasteiger partial charge in [0.15, 0.2) is 6.29 Å². The third-order valence-corrected chi connectivity index (χ3v) is 3.79. The predicted octanol–water partition coefficient (Wildman–Crippen LogP) is -2.87. The quantitative estimate of drug-likeness (QED) is 0.153. The van der Waals surface area contributed by atoms with Crippen molar-refractivity contribution >= 4 is 11.9 Å². The SMILES string of the molecule is CC(O)OC(=O)CCCCCCCCCNC(=O)c1ccccc1O.[Na+].[Na+]. The minimum atomic E-state index is -1.03. The number of rotatable bonds is 12. The molecule has 0 aromatic heterocycles. The van der Waals surface area contributed by atoms with Gasteiger partial charge in [0.1, 0.15) is 5.75 Å². The fraction of sp³-hybridized carbons (Fsp3) is 0.579. The monoisotopic (exact) mass is 397 g/mol. The van der Waals surface area contributed by atoms with E-state index in [1.807, 2.05) is 0 Å². The fourth-order valence-corrected chi connectivity index (χ4v) is 2.49. The maximum absolute atomic E-state index is 11.9. The molecule has 0 spiro atoms. The molecule has 140 valence electrons. The second-order valence-electron chi connectivity index (χ2n) is 6.09. The number of amides is 1. The number of carbonyl (C=O) groups is 2. The summed E-state index contributed by atoms with van der Waals surface area (Å²) < 4.78 is 4.65. The number of aliphatic hydroxyl groups is 1. The van der Waals surface area contributed by atoms with E-state index in [2.05, 4.69) is 10.1 Å². The normalized spacial score (nSPS) is 10.9. The number of esters is 1. The molecule has 1 amide bonds. The number of hydrogen-bond donors (Lipinski definition) is 3. The molecule has 0 aliphatic carbocycles. The van der Waals surface area contributed by atoms with E-state index in [1.165, 1.54) is 13.0 Å². The van der Waals surface area contributed by atoms with Crippen molar-refractivity contribution in [3.63, 3.8) is 0 Å². The summed E-state index contributed by atoms with van der Waals surface area (Å²) in [5.74, 6) is -0.602. The van der Waals surface area contributed by atoms with Crippen LogP contribution in [0.1, 0.15) is 68.6 Å². The number of ether oxygens (including phenoxy) is 1. The van der Waals surface area contributed by atoms with Gasteiger partial charge in [-0.05, 0) is 31.9 Å². The summed E-state index contributed by atoms with van der Waals surface area (Å²) in [4.78, 5) is 23.1. The number of phenolic OH excluding ortho intramolecular Hbond substituents is 1. The summed E-state index contributed by atoms with van der Waals surface area (Å²) >= 11 is 0. The Kier molecular flexibility index (Phi) is 19.4. The van der Waals surface area contributed by atoms with Gasteiger partial charge in [0, 0.05) is 13.0 Å². The van der Waals surface area contributed by atoms with E-state index < -0.39 is 6.29 Å². The van der Waals surface area contributed by atoms with Gasteiger partial charge in [-0.1, -0.05) is 44.2 Å². The first kappa shape index (κ1) is 29.1. The standard InChI is InChI=1S/C19H29NO5.2Na/c1-15(21)25-18(23)13-7-5-3-2-4-6-10-14-20-19(24)16-11-8-9-12-17(16)22;;/h8-9,11-12,15,21-22H,2-7,10,13-14H2,1H3,(H,20,24);;/q;2*+1. The Balaban J connectivity index is 0. The molecule has 1 aromatic carbocycles. The van der Waals surface area contributed by atoms with Crippen LogP contribution in [0.4, 0.5) is 0 Å². The Morgan fingerprint density at radius 2 is 1.56 bits per heavy atom. The van der Waals surface area contributed by atoms with Gasteiger partial charge >= 0.3 is 65.1 Å². The zero-order valence-corrected chi connectivity index (χ0v) is 20.9. The van der Waals surface area contributed by atoms with Crippen LogP contribution in [0.3, 0.4) is 0 Å². The first-order valence-corrected chi connectivity index (χ1v) is 8.94. The Morgan fingerprint density at radius 1 is 1.00 bits per heavy atom. The van der Waals surface area contributed by atoms with Gasteiger partial charge in [0.2, 0.25) is 0 Å². The molecule has 1 unspecified atom stereocenters. The molecule has 0 saturated heterocycles. The summed E-state index contributed by atoms with van der Waals surface area (Å²) in [7, 11) is 0. The molecule has 0 saturated carbocycles. The van der Waals surface area contributed by atoms with Crippen molar-refractivity contribution in [1.29, 1.82) is 0 Å². The first-order chi connectivity index (χ1) is 12.0. The van der Waals surface area contributed by atoms with Crippen molar-refractivity contribution in [1.82, 2.24) is 5.32 Å². The average molecular weight is 397 g/mol. The van der Waals surface area contributed by atoms with Crippen molar-refractivity contribution < 1.29 is 83.7 Å². The third kappa shape index (κ3) is 14.6. The molecule has 3 N–H and O–H groups in total. The van der Waals surface area contributed by atoms with Gasteiger partial charge in [-0.25, -0.2) is 0 Å². The van der Waals surface area contributed by atoms with Crippen LogP contribution in [-0.2, 0) is 9.53 Å². The smallest absolute Gasteiger partial charge is 0.507 e. The maximum Gasteiger partial charge on any atom is 1.00 e. The van der Waals surface area contributed by atoms with Gasteiger partial charge < -0.3 is 20.3 Å². The Hall–Kier alpha value is -0.0800. The molecule has 6 nitrogen and oxygen atoms in total. The molecule has 0 fully saturated rings. The van der Waals surface area contributed by atoms with E-state index in [4.69, 9.17) is 5.11 Å². The van der Waals surface area contributed by atoms with Crippen LogP contribution in [0.2, 0.25) is 0 Å².